The van der Waals surface area contributed by atoms with Gasteiger partial charge in [-0.1, -0.05) is 139 Å². The summed E-state index contributed by atoms with van der Waals surface area (Å²) in [7, 11) is 0. The summed E-state index contributed by atoms with van der Waals surface area (Å²) in [5.74, 6) is 0. The van der Waals surface area contributed by atoms with Crippen LogP contribution in [0, 0.1) is 0 Å². The van der Waals surface area contributed by atoms with Crippen LogP contribution >= 0.6 is 0 Å². The molecule has 0 radical (unpaired) electrons. The Morgan fingerprint density at radius 3 is 1.20 bits per heavy atom. The molecule has 0 amide bonds. The summed E-state index contributed by atoms with van der Waals surface area (Å²) in [5.41, 5.74) is -4.74. The van der Waals surface area contributed by atoms with Gasteiger partial charge in [0.25, 0.3) is 0 Å². The van der Waals surface area contributed by atoms with Crippen LogP contribution in [0.25, 0.3) is 76.5 Å². The number of fused-ring (bicyclic) bond motifs is 4. The SMILES string of the molecule is [2H]c1c([2H])c(-c2c([2H])c([2H])c3c([2H])c([2H])c([2H])c([2H])c3c2[2H])c([2H])c(-c2c3c([2H])c([2H])c([2H])c([2H])c3c(-c3c([2H])c([2H])c4c([2H])c([2H])c([2H])c([2H])c4c3[2H])c3c([2H])c([2H])c([2H])c([2H])c23)c1[2H]. The maximum Gasteiger partial charge on any atom is 0.0636 e. The molecule has 0 aliphatic heterocycles. The van der Waals surface area contributed by atoms with Crippen LogP contribution < -0.4 is 0 Å². The van der Waals surface area contributed by atoms with Crippen molar-refractivity contribution in [2.24, 2.45) is 0 Å². The minimum atomic E-state index is -1.06. The normalized spacial score (nSPS) is 20.6. The number of rotatable bonds is 3. The molecule has 0 fully saturated rings. The molecule has 0 saturated heterocycles. The zero-order valence-corrected chi connectivity index (χ0v) is 20.0. The molecule has 0 unspecified atom stereocenters. The molecule has 0 bridgehead atoms. The van der Waals surface area contributed by atoms with Crippen LogP contribution in [0.15, 0.2) is 157 Å². The first-order chi connectivity index (χ1) is 30.7. The quantitative estimate of drug-likeness (QED) is 0.198. The number of hydrogen-bond acceptors (Lipinski definition) is 0. The molecule has 8 rings (SSSR count). The Hall–Kier alpha value is -5.20. The van der Waals surface area contributed by atoms with Crippen LogP contribution in [0.3, 0.4) is 0 Å². The predicted octanol–water partition coefficient (Wildman–Crippen LogP) is 11.3. The lowest BCUT2D eigenvalue weighted by Crippen LogP contribution is -1.91. The number of benzene rings is 8. The van der Waals surface area contributed by atoms with E-state index in [1.165, 1.54) is 0 Å². The van der Waals surface area contributed by atoms with E-state index in [4.69, 9.17) is 24.7 Å². The summed E-state index contributed by atoms with van der Waals surface area (Å²) in [6, 6.07) is -24.1. The topological polar surface area (TPSA) is 0 Å². The maximum atomic E-state index is 9.68. The van der Waals surface area contributed by atoms with Crippen LogP contribution in [-0.2, 0) is 0 Å². The van der Waals surface area contributed by atoms with E-state index in [1.807, 2.05) is 0 Å². The Kier molecular flexibility index (Phi) is 1.99. The van der Waals surface area contributed by atoms with Crippen molar-refractivity contribution in [3.63, 3.8) is 0 Å². The second-order valence-electron chi connectivity index (χ2n) is 8.50. The van der Waals surface area contributed by atoms with E-state index in [0.717, 1.165) is 0 Å². The first-order valence-electron chi connectivity index (χ1n) is 24.8. The van der Waals surface area contributed by atoms with Gasteiger partial charge in [0.15, 0.2) is 0 Å². The molecular weight excluding hydrogens is 480 g/mol. The summed E-state index contributed by atoms with van der Waals surface area (Å²) >= 11 is 0. The minimum absolute atomic E-state index is 0.552. The van der Waals surface area contributed by atoms with Crippen molar-refractivity contribution in [3.8, 4) is 33.4 Å². The highest BCUT2D eigenvalue weighted by Gasteiger charge is 2.17. The maximum absolute atomic E-state index is 9.68. The molecule has 8 aromatic carbocycles. The van der Waals surface area contributed by atoms with Gasteiger partial charge < -0.3 is 0 Å². The molecule has 0 heteroatoms. The van der Waals surface area contributed by atoms with Gasteiger partial charge in [0.05, 0.1) is 35.6 Å². The Morgan fingerprint density at radius 1 is 0.275 bits per heavy atom. The van der Waals surface area contributed by atoms with E-state index in [-0.39, 0.29) is 0 Å². The van der Waals surface area contributed by atoms with Gasteiger partial charge in [-0.2, -0.15) is 0 Å². The van der Waals surface area contributed by atoms with Gasteiger partial charge in [0, 0.05) is 0 Å². The van der Waals surface area contributed by atoms with E-state index < -0.39 is 234 Å². The van der Waals surface area contributed by atoms with Crippen molar-refractivity contribution < 1.29 is 35.6 Å². The van der Waals surface area contributed by atoms with Gasteiger partial charge >= 0.3 is 0 Å². The first kappa shape index (κ1) is 8.65. The van der Waals surface area contributed by atoms with Crippen molar-refractivity contribution in [2.75, 3.05) is 0 Å². The molecule has 0 atom stereocenters. The van der Waals surface area contributed by atoms with Crippen molar-refractivity contribution >= 4 is 43.1 Å². The van der Waals surface area contributed by atoms with E-state index in [0.29, 0.717) is 0 Å². The number of hydrogen-bond donors (Lipinski definition) is 0. The Labute approximate surface area is 270 Å². The van der Waals surface area contributed by atoms with Gasteiger partial charge in [-0.25, -0.2) is 0 Å². The fourth-order valence-electron chi connectivity index (χ4n) is 4.53. The fourth-order valence-corrected chi connectivity index (χ4v) is 4.53. The van der Waals surface area contributed by atoms with Crippen molar-refractivity contribution in [3.05, 3.63) is 157 Å². The summed E-state index contributed by atoms with van der Waals surface area (Å²) in [6.45, 7) is 0. The molecule has 8 aromatic rings. The van der Waals surface area contributed by atoms with Crippen LogP contribution in [0.2, 0.25) is 0 Å². The molecule has 186 valence electrons. The highest BCUT2D eigenvalue weighted by molar-refractivity contribution is 6.21. The zero-order valence-electron chi connectivity index (χ0n) is 46.0. The smallest absolute Gasteiger partial charge is 0.0616 e. The lowest BCUT2D eigenvalue weighted by atomic mass is 9.85. The average molecular weight is 533 g/mol. The molecule has 0 spiro atoms. The second kappa shape index (κ2) is 9.22. The van der Waals surface area contributed by atoms with Crippen LogP contribution in [0.1, 0.15) is 35.6 Å². The highest BCUT2D eigenvalue weighted by Crippen LogP contribution is 2.44. The van der Waals surface area contributed by atoms with E-state index >= 15 is 0 Å². The second-order valence-corrected chi connectivity index (χ2v) is 8.50. The monoisotopic (exact) mass is 532 g/mol. The summed E-state index contributed by atoms with van der Waals surface area (Å²) in [6.07, 6.45) is 0. The molecule has 0 saturated carbocycles. The zero-order chi connectivity index (χ0) is 49.1. The van der Waals surface area contributed by atoms with Gasteiger partial charge in [0.1, 0.15) is 0 Å². The third kappa shape index (κ3) is 3.69. The van der Waals surface area contributed by atoms with Gasteiger partial charge in [-0.05, 0) is 94.6 Å². The standard InChI is InChI=1S/C40H26/c1-3-12-29-24-32(22-20-27(29)10-1)31-14-9-15-33(26-31)39-35-16-5-7-18-37(35)40(38-19-8-6-17-36(38)39)34-23-21-28-11-2-4-13-30(28)25-34/h1-26H/i1D,2D,3D,4D,5D,6D,7D,8D,9D,10D,11D,12D,13D,14D,15D,16D,17D,18D,19D,20D,21D,22D,23D,24D,25D,26D. The molecule has 0 aliphatic carbocycles. The Bertz CT molecular complexity index is 3570. The summed E-state index contributed by atoms with van der Waals surface area (Å²) < 4.78 is 231. The Morgan fingerprint density at radius 2 is 0.650 bits per heavy atom. The van der Waals surface area contributed by atoms with E-state index in [9.17, 15) is 11.0 Å². The molecule has 0 aromatic heterocycles. The van der Waals surface area contributed by atoms with Crippen molar-refractivity contribution in [2.45, 2.75) is 0 Å². The average Bonchev–Trinajstić information content (AvgIpc) is 3.28. The van der Waals surface area contributed by atoms with E-state index in [1.54, 1.807) is 0 Å². The van der Waals surface area contributed by atoms with Gasteiger partial charge in [-0.3, -0.25) is 0 Å². The van der Waals surface area contributed by atoms with Crippen LogP contribution in [-0.4, -0.2) is 0 Å². The third-order valence-corrected chi connectivity index (χ3v) is 6.25. The largest absolute Gasteiger partial charge is 0.0636 e. The highest BCUT2D eigenvalue weighted by atomic mass is 14.2. The Balaban J connectivity index is 1.71. The van der Waals surface area contributed by atoms with Gasteiger partial charge in [0.2, 0.25) is 0 Å². The third-order valence-electron chi connectivity index (χ3n) is 6.25. The fraction of sp³-hybridized carbons (Fsp3) is 0. The van der Waals surface area contributed by atoms with Crippen molar-refractivity contribution in [1.82, 2.24) is 0 Å². The first-order valence-corrected chi connectivity index (χ1v) is 11.8. The summed E-state index contributed by atoms with van der Waals surface area (Å²) in [4.78, 5) is 0. The molecule has 0 heterocycles. The van der Waals surface area contributed by atoms with Crippen LogP contribution in [0.5, 0.6) is 0 Å². The molecule has 0 nitrogen and oxygen atoms in total. The molecular formula is C40H26. The summed E-state index contributed by atoms with van der Waals surface area (Å²) in [5, 5.41) is -5.29. The predicted molar refractivity (Wildman–Crippen MR) is 173 cm³/mol. The minimum Gasteiger partial charge on any atom is -0.0616 e. The van der Waals surface area contributed by atoms with E-state index in [2.05, 4.69) is 0 Å². The van der Waals surface area contributed by atoms with Crippen LogP contribution in [0.4, 0.5) is 0 Å². The lowest BCUT2D eigenvalue weighted by Gasteiger charge is -2.18. The molecule has 0 aliphatic rings. The van der Waals surface area contributed by atoms with Crippen molar-refractivity contribution in [1.29, 1.82) is 0 Å². The molecule has 40 heavy (non-hydrogen) atoms. The van der Waals surface area contributed by atoms with Gasteiger partial charge in [-0.15, -0.1) is 0 Å². The lowest BCUT2D eigenvalue weighted by molar-refractivity contribution is 1.63. The molecule has 0 N–H and O–H groups in total.